The lowest BCUT2D eigenvalue weighted by molar-refractivity contribution is -0.143. The second kappa shape index (κ2) is 5.31. The van der Waals surface area contributed by atoms with Crippen LogP contribution in [0.5, 0.6) is 0 Å². The maximum atomic E-state index is 12.8. The highest BCUT2D eigenvalue weighted by molar-refractivity contribution is 5.87. The van der Waals surface area contributed by atoms with Crippen molar-refractivity contribution in [2.24, 2.45) is 0 Å². The molecule has 0 bridgehead atoms. The molecule has 0 aromatic carbocycles. The first kappa shape index (κ1) is 13.2. The van der Waals surface area contributed by atoms with E-state index in [1.807, 2.05) is 17.0 Å². The smallest absolute Gasteiger partial charge is 0.246 e. The molecule has 2 heterocycles. The Labute approximate surface area is 118 Å². The first-order valence-corrected chi connectivity index (χ1v) is 7.27. The Morgan fingerprint density at radius 3 is 2.80 bits per heavy atom. The maximum Gasteiger partial charge on any atom is 0.246 e. The van der Waals surface area contributed by atoms with Gasteiger partial charge in [-0.05, 0) is 37.8 Å². The van der Waals surface area contributed by atoms with Gasteiger partial charge in [-0.3, -0.25) is 9.59 Å². The van der Waals surface area contributed by atoms with E-state index in [9.17, 15) is 9.59 Å². The van der Waals surface area contributed by atoms with Gasteiger partial charge in [0.1, 0.15) is 11.8 Å². The Morgan fingerprint density at radius 1 is 1.40 bits per heavy atom. The topological polar surface area (TPSA) is 53.8 Å². The third-order valence-electron chi connectivity index (χ3n) is 4.12. The highest BCUT2D eigenvalue weighted by Gasteiger charge is 2.40. The zero-order valence-corrected chi connectivity index (χ0v) is 11.7. The number of furan rings is 1. The monoisotopic (exact) mass is 276 g/mol. The van der Waals surface area contributed by atoms with Gasteiger partial charge in [0, 0.05) is 19.5 Å². The summed E-state index contributed by atoms with van der Waals surface area (Å²) in [5.74, 6) is 0.879. The first-order valence-electron chi connectivity index (χ1n) is 7.27. The van der Waals surface area contributed by atoms with Gasteiger partial charge in [-0.15, -0.1) is 0 Å². The summed E-state index contributed by atoms with van der Waals surface area (Å²) in [7, 11) is 0. The molecule has 0 spiro atoms. The molecule has 1 aliphatic carbocycles. The molecule has 1 aromatic rings. The van der Waals surface area contributed by atoms with Crippen molar-refractivity contribution >= 4 is 11.8 Å². The zero-order valence-electron chi connectivity index (χ0n) is 11.7. The lowest BCUT2D eigenvalue weighted by Gasteiger charge is -2.29. The fourth-order valence-electron chi connectivity index (χ4n) is 2.94. The Kier molecular flexibility index (Phi) is 3.51. The number of nitrogens with zero attached hydrogens (tertiary/aromatic N) is 2. The van der Waals surface area contributed by atoms with Gasteiger partial charge in [0.05, 0.1) is 12.8 Å². The van der Waals surface area contributed by atoms with Gasteiger partial charge in [-0.1, -0.05) is 0 Å². The number of amides is 2. The molecule has 5 nitrogen and oxygen atoms in total. The van der Waals surface area contributed by atoms with Crippen LogP contribution in [0.2, 0.25) is 0 Å². The van der Waals surface area contributed by atoms with E-state index in [-0.39, 0.29) is 17.9 Å². The van der Waals surface area contributed by atoms with Gasteiger partial charge in [0.15, 0.2) is 0 Å². The number of hydrogen-bond acceptors (Lipinski definition) is 3. The van der Waals surface area contributed by atoms with Gasteiger partial charge < -0.3 is 14.2 Å². The summed E-state index contributed by atoms with van der Waals surface area (Å²) in [4.78, 5) is 28.0. The number of carbonyl (C=O) groups is 2. The van der Waals surface area contributed by atoms with Crippen molar-refractivity contribution in [3.05, 3.63) is 24.2 Å². The van der Waals surface area contributed by atoms with Crippen LogP contribution in [0, 0.1) is 0 Å². The molecule has 0 N–H and O–H groups in total. The van der Waals surface area contributed by atoms with Gasteiger partial charge in [0.25, 0.3) is 0 Å². The summed E-state index contributed by atoms with van der Waals surface area (Å²) in [6, 6.07) is 3.77. The Hall–Kier alpha value is -1.78. The van der Waals surface area contributed by atoms with E-state index in [1.54, 1.807) is 18.1 Å². The Morgan fingerprint density at radius 2 is 2.20 bits per heavy atom. The van der Waals surface area contributed by atoms with Crippen LogP contribution in [0.3, 0.4) is 0 Å². The first-order chi connectivity index (χ1) is 9.66. The molecule has 1 aliphatic heterocycles. The third kappa shape index (κ3) is 2.57. The van der Waals surface area contributed by atoms with Crippen LogP contribution >= 0.6 is 0 Å². The predicted octanol–water partition coefficient (Wildman–Crippen LogP) is 1.78. The lowest BCUT2D eigenvalue weighted by Crippen LogP contribution is -2.47. The highest BCUT2D eigenvalue weighted by atomic mass is 16.3. The molecule has 108 valence electrons. The standard InChI is InChI=1S/C15H20N2O3/c1-11(18)16-8-2-5-14(16)15(19)17(12-6-7-12)10-13-4-3-9-20-13/h3-4,9,12,14H,2,5-8,10H2,1H3. The zero-order chi connectivity index (χ0) is 14.1. The fraction of sp³-hybridized carbons (Fsp3) is 0.600. The molecular weight excluding hydrogens is 256 g/mol. The summed E-state index contributed by atoms with van der Waals surface area (Å²) in [6.45, 7) is 2.75. The van der Waals surface area contributed by atoms with Crippen LogP contribution in [0.1, 0.15) is 38.4 Å². The quantitative estimate of drug-likeness (QED) is 0.842. The van der Waals surface area contributed by atoms with Gasteiger partial charge in [-0.2, -0.15) is 0 Å². The molecule has 1 aromatic heterocycles. The highest BCUT2D eigenvalue weighted by Crippen LogP contribution is 2.31. The normalized spacial score (nSPS) is 22.1. The summed E-state index contributed by atoms with van der Waals surface area (Å²) in [5.41, 5.74) is 0. The number of likely N-dealkylation sites (tertiary alicyclic amines) is 1. The second-order valence-corrected chi connectivity index (χ2v) is 5.65. The SMILES string of the molecule is CC(=O)N1CCCC1C(=O)N(Cc1ccco1)C1CC1. The van der Waals surface area contributed by atoms with Crippen molar-refractivity contribution in [1.82, 2.24) is 9.80 Å². The average molecular weight is 276 g/mol. The van der Waals surface area contributed by atoms with Crippen LogP contribution in [-0.4, -0.2) is 40.2 Å². The van der Waals surface area contributed by atoms with Crippen LogP contribution < -0.4 is 0 Å². The molecular formula is C15H20N2O3. The summed E-state index contributed by atoms with van der Waals surface area (Å²) in [6.07, 6.45) is 5.43. The summed E-state index contributed by atoms with van der Waals surface area (Å²) >= 11 is 0. The molecule has 5 heteroatoms. The molecule has 1 saturated carbocycles. The largest absolute Gasteiger partial charge is 0.467 e. The lowest BCUT2D eigenvalue weighted by atomic mass is 10.2. The van der Waals surface area contributed by atoms with E-state index < -0.39 is 0 Å². The van der Waals surface area contributed by atoms with Crippen molar-refractivity contribution in [2.75, 3.05) is 6.54 Å². The van der Waals surface area contributed by atoms with E-state index in [0.717, 1.165) is 31.4 Å². The average Bonchev–Trinajstić information content (AvgIpc) is 2.95. The summed E-state index contributed by atoms with van der Waals surface area (Å²) in [5, 5.41) is 0. The minimum absolute atomic E-state index is 0.00500. The summed E-state index contributed by atoms with van der Waals surface area (Å²) < 4.78 is 5.35. The predicted molar refractivity (Wildman–Crippen MR) is 72.7 cm³/mol. The van der Waals surface area contributed by atoms with E-state index in [1.165, 1.54) is 0 Å². The molecule has 0 radical (unpaired) electrons. The van der Waals surface area contributed by atoms with Crippen molar-refractivity contribution in [3.8, 4) is 0 Å². The molecule has 2 amide bonds. The number of carbonyl (C=O) groups excluding carboxylic acids is 2. The third-order valence-corrected chi connectivity index (χ3v) is 4.12. The van der Waals surface area contributed by atoms with Crippen molar-refractivity contribution in [2.45, 2.75) is 51.2 Å². The van der Waals surface area contributed by atoms with Gasteiger partial charge >= 0.3 is 0 Å². The minimum atomic E-state index is -0.275. The second-order valence-electron chi connectivity index (χ2n) is 5.65. The number of hydrogen-bond donors (Lipinski definition) is 0. The van der Waals surface area contributed by atoms with Gasteiger partial charge in [-0.25, -0.2) is 0 Å². The van der Waals surface area contributed by atoms with E-state index in [4.69, 9.17) is 4.42 Å². The molecule has 20 heavy (non-hydrogen) atoms. The Balaban J connectivity index is 1.73. The van der Waals surface area contributed by atoms with Crippen LogP contribution in [0.15, 0.2) is 22.8 Å². The molecule has 2 fully saturated rings. The fourth-order valence-corrected chi connectivity index (χ4v) is 2.94. The van der Waals surface area contributed by atoms with Crippen LogP contribution in [0.25, 0.3) is 0 Å². The van der Waals surface area contributed by atoms with Crippen molar-refractivity contribution in [3.63, 3.8) is 0 Å². The van der Waals surface area contributed by atoms with Crippen molar-refractivity contribution < 1.29 is 14.0 Å². The number of rotatable bonds is 4. The van der Waals surface area contributed by atoms with E-state index in [2.05, 4.69) is 0 Å². The molecule has 3 rings (SSSR count). The van der Waals surface area contributed by atoms with Gasteiger partial charge in [0.2, 0.25) is 11.8 Å². The van der Waals surface area contributed by atoms with E-state index in [0.29, 0.717) is 19.1 Å². The molecule has 1 saturated heterocycles. The van der Waals surface area contributed by atoms with E-state index >= 15 is 0 Å². The molecule has 1 unspecified atom stereocenters. The molecule has 1 atom stereocenters. The Bertz CT molecular complexity index is 493. The molecule has 2 aliphatic rings. The minimum Gasteiger partial charge on any atom is -0.467 e. The maximum absolute atomic E-state index is 12.8. The van der Waals surface area contributed by atoms with Crippen LogP contribution in [-0.2, 0) is 16.1 Å². The van der Waals surface area contributed by atoms with Crippen molar-refractivity contribution in [1.29, 1.82) is 0 Å². The van der Waals surface area contributed by atoms with Crippen LogP contribution in [0.4, 0.5) is 0 Å².